The molecular formula is C18H17ClN2O2. The van der Waals surface area contributed by atoms with Crippen molar-refractivity contribution in [3.63, 3.8) is 0 Å². The maximum atomic E-state index is 6.09. The Labute approximate surface area is 140 Å². The van der Waals surface area contributed by atoms with Crippen molar-refractivity contribution in [2.75, 3.05) is 20.2 Å². The van der Waals surface area contributed by atoms with Gasteiger partial charge in [0.05, 0.1) is 13.7 Å². The lowest BCUT2D eigenvalue weighted by Crippen LogP contribution is -2.18. The Morgan fingerprint density at radius 1 is 1.09 bits per heavy atom. The van der Waals surface area contributed by atoms with Gasteiger partial charge in [0.1, 0.15) is 11.3 Å². The number of methoxy groups -OCH3 is 1. The molecule has 2 heterocycles. The van der Waals surface area contributed by atoms with Crippen LogP contribution in [0, 0.1) is 0 Å². The van der Waals surface area contributed by atoms with Gasteiger partial charge in [-0.25, -0.2) is 0 Å². The third-order valence-electron chi connectivity index (χ3n) is 3.85. The minimum atomic E-state index is 0. The van der Waals surface area contributed by atoms with E-state index in [2.05, 4.69) is 22.4 Å². The number of hydrogen-bond acceptors (Lipinski definition) is 4. The first-order valence-corrected chi connectivity index (χ1v) is 7.31. The average Bonchev–Trinajstić information content (AvgIpc) is 3.23. The highest BCUT2D eigenvalue weighted by Gasteiger charge is 2.17. The fourth-order valence-corrected chi connectivity index (χ4v) is 2.82. The first-order chi connectivity index (χ1) is 10.9. The molecule has 3 aromatic rings. The molecule has 0 fully saturated rings. The molecule has 1 aliphatic heterocycles. The van der Waals surface area contributed by atoms with Crippen molar-refractivity contribution >= 4 is 29.2 Å². The third-order valence-corrected chi connectivity index (χ3v) is 3.85. The van der Waals surface area contributed by atoms with E-state index in [1.165, 1.54) is 0 Å². The Morgan fingerprint density at radius 3 is 2.70 bits per heavy atom. The number of amidine groups is 1. The van der Waals surface area contributed by atoms with Crippen molar-refractivity contribution in [2.24, 2.45) is 4.99 Å². The summed E-state index contributed by atoms with van der Waals surface area (Å²) in [5, 5.41) is 4.31. The number of fused-ring (bicyclic) bond motifs is 1. The summed E-state index contributed by atoms with van der Waals surface area (Å²) < 4.78 is 11.6. The third kappa shape index (κ3) is 2.66. The maximum Gasteiger partial charge on any atom is 0.170 e. The van der Waals surface area contributed by atoms with Crippen LogP contribution in [0.5, 0.6) is 5.75 Å². The summed E-state index contributed by atoms with van der Waals surface area (Å²) in [6.07, 6.45) is 0. The van der Waals surface area contributed by atoms with Crippen LogP contribution in [0.1, 0.15) is 5.76 Å². The molecule has 1 N–H and O–H groups in total. The lowest BCUT2D eigenvalue weighted by atomic mass is 10.0. The van der Waals surface area contributed by atoms with Gasteiger partial charge in [-0.1, -0.05) is 36.4 Å². The summed E-state index contributed by atoms with van der Waals surface area (Å²) in [5.74, 6) is 2.46. The van der Waals surface area contributed by atoms with Gasteiger partial charge in [0.25, 0.3) is 0 Å². The van der Waals surface area contributed by atoms with E-state index in [0.29, 0.717) is 0 Å². The first kappa shape index (κ1) is 15.4. The molecule has 118 valence electrons. The molecule has 0 atom stereocenters. The van der Waals surface area contributed by atoms with Crippen LogP contribution in [0.15, 0.2) is 57.9 Å². The fraction of sp³-hybridized carbons (Fsp3) is 0.167. The molecule has 0 saturated carbocycles. The number of aliphatic imine (C=N–C) groups is 1. The van der Waals surface area contributed by atoms with Crippen molar-refractivity contribution in [3.8, 4) is 16.9 Å². The van der Waals surface area contributed by atoms with E-state index in [9.17, 15) is 0 Å². The Balaban J connectivity index is 0.00000156. The number of halogens is 1. The molecule has 0 unspecified atom stereocenters. The quantitative estimate of drug-likeness (QED) is 0.793. The van der Waals surface area contributed by atoms with Gasteiger partial charge in [0.15, 0.2) is 11.6 Å². The van der Waals surface area contributed by atoms with Crippen LogP contribution in [0.2, 0.25) is 0 Å². The molecule has 1 aromatic heterocycles. The first-order valence-electron chi connectivity index (χ1n) is 7.31. The van der Waals surface area contributed by atoms with Gasteiger partial charge in [-0.2, -0.15) is 0 Å². The van der Waals surface area contributed by atoms with E-state index in [0.717, 1.165) is 52.5 Å². The molecule has 0 spiro atoms. The number of furan rings is 1. The van der Waals surface area contributed by atoms with Crippen molar-refractivity contribution in [1.82, 2.24) is 5.32 Å². The largest absolute Gasteiger partial charge is 0.496 e. The van der Waals surface area contributed by atoms with E-state index in [4.69, 9.17) is 9.15 Å². The van der Waals surface area contributed by atoms with Crippen LogP contribution < -0.4 is 10.1 Å². The number of rotatable bonds is 3. The maximum absolute atomic E-state index is 6.09. The lowest BCUT2D eigenvalue weighted by Gasteiger charge is -2.08. The normalized spacial score (nSPS) is 13.3. The summed E-state index contributed by atoms with van der Waals surface area (Å²) in [5.41, 5.74) is 2.91. The monoisotopic (exact) mass is 328 g/mol. The van der Waals surface area contributed by atoms with Crippen molar-refractivity contribution < 1.29 is 9.15 Å². The minimum absolute atomic E-state index is 0. The molecule has 4 rings (SSSR count). The molecular weight excluding hydrogens is 312 g/mol. The molecule has 0 saturated heterocycles. The smallest absolute Gasteiger partial charge is 0.170 e. The molecule has 4 nitrogen and oxygen atoms in total. The fourth-order valence-electron chi connectivity index (χ4n) is 2.82. The topological polar surface area (TPSA) is 46.8 Å². The van der Waals surface area contributed by atoms with Crippen LogP contribution >= 0.6 is 12.4 Å². The standard InChI is InChI=1S/C18H16N2O2.ClH/c1-21-15-8-3-2-6-13(15)14-7-4-5-12-11-16(22-17(12)14)18-19-9-10-20-18;/h2-8,11H,9-10H2,1H3,(H,19,20);1H. The van der Waals surface area contributed by atoms with E-state index < -0.39 is 0 Å². The van der Waals surface area contributed by atoms with Gasteiger partial charge in [-0.05, 0) is 12.1 Å². The summed E-state index contributed by atoms with van der Waals surface area (Å²) in [4.78, 5) is 4.42. The lowest BCUT2D eigenvalue weighted by molar-refractivity contribution is 0.416. The van der Waals surface area contributed by atoms with Crippen LogP contribution in [-0.4, -0.2) is 26.0 Å². The van der Waals surface area contributed by atoms with Crippen LogP contribution in [0.4, 0.5) is 0 Å². The number of nitrogens with zero attached hydrogens (tertiary/aromatic N) is 1. The highest BCUT2D eigenvalue weighted by molar-refractivity contribution is 6.03. The zero-order valence-corrected chi connectivity index (χ0v) is 13.5. The van der Waals surface area contributed by atoms with Crippen LogP contribution in [0.25, 0.3) is 22.1 Å². The number of nitrogens with one attached hydrogen (secondary N) is 1. The van der Waals surface area contributed by atoms with E-state index >= 15 is 0 Å². The van der Waals surface area contributed by atoms with Gasteiger partial charge in [-0.3, -0.25) is 4.99 Å². The number of hydrogen-bond donors (Lipinski definition) is 1. The molecule has 1 aliphatic rings. The van der Waals surface area contributed by atoms with Crippen LogP contribution in [-0.2, 0) is 0 Å². The summed E-state index contributed by atoms with van der Waals surface area (Å²) in [6, 6.07) is 16.1. The zero-order chi connectivity index (χ0) is 14.9. The van der Waals surface area contributed by atoms with Crippen molar-refractivity contribution in [2.45, 2.75) is 0 Å². The van der Waals surface area contributed by atoms with Gasteiger partial charge < -0.3 is 14.5 Å². The van der Waals surface area contributed by atoms with Gasteiger partial charge in [0.2, 0.25) is 0 Å². The predicted octanol–water partition coefficient (Wildman–Crippen LogP) is 3.88. The van der Waals surface area contributed by atoms with Crippen molar-refractivity contribution in [3.05, 3.63) is 54.3 Å². The Bertz CT molecular complexity index is 870. The van der Waals surface area contributed by atoms with E-state index in [-0.39, 0.29) is 12.4 Å². The number of benzene rings is 2. The summed E-state index contributed by atoms with van der Waals surface area (Å²) in [7, 11) is 1.68. The Kier molecular flexibility index (Phi) is 4.26. The Hall–Kier alpha value is -2.46. The zero-order valence-electron chi connectivity index (χ0n) is 12.7. The molecule has 0 aliphatic carbocycles. The second-order valence-electron chi connectivity index (χ2n) is 5.19. The van der Waals surface area contributed by atoms with E-state index in [1.54, 1.807) is 7.11 Å². The minimum Gasteiger partial charge on any atom is -0.496 e. The SMILES string of the molecule is COc1ccccc1-c1cccc2cc(C3=NCCN3)oc12.Cl. The molecule has 0 radical (unpaired) electrons. The van der Waals surface area contributed by atoms with Gasteiger partial charge in [-0.15, -0.1) is 12.4 Å². The molecule has 0 bridgehead atoms. The average molecular weight is 329 g/mol. The van der Waals surface area contributed by atoms with Crippen molar-refractivity contribution in [1.29, 1.82) is 0 Å². The van der Waals surface area contributed by atoms with Crippen LogP contribution in [0.3, 0.4) is 0 Å². The predicted molar refractivity (Wildman–Crippen MR) is 94.9 cm³/mol. The second-order valence-corrected chi connectivity index (χ2v) is 5.19. The van der Waals surface area contributed by atoms with E-state index in [1.807, 2.05) is 36.4 Å². The molecule has 0 amide bonds. The summed E-state index contributed by atoms with van der Waals surface area (Å²) >= 11 is 0. The summed E-state index contributed by atoms with van der Waals surface area (Å²) in [6.45, 7) is 1.66. The highest BCUT2D eigenvalue weighted by atomic mass is 35.5. The highest BCUT2D eigenvalue weighted by Crippen LogP contribution is 2.36. The number of ether oxygens (including phenoxy) is 1. The molecule has 5 heteroatoms. The molecule has 2 aromatic carbocycles. The van der Waals surface area contributed by atoms with Gasteiger partial charge in [0, 0.05) is 23.1 Å². The number of para-hydroxylation sites is 2. The second kappa shape index (κ2) is 6.34. The Morgan fingerprint density at radius 2 is 1.91 bits per heavy atom. The molecule has 23 heavy (non-hydrogen) atoms. The van der Waals surface area contributed by atoms with Gasteiger partial charge >= 0.3 is 0 Å².